The molecule has 0 spiro atoms. The summed E-state index contributed by atoms with van der Waals surface area (Å²) in [6, 6.07) is 6.78. The summed E-state index contributed by atoms with van der Waals surface area (Å²) in [5, 5.41) is 16.3. The van der Waals surface area contributed by atoms with Crippen LogP contribution in [-0.4, -0.2) is 26.8 Å². The molecule has 6 heteroatoms. The quantitative estimate of drug-likeness (QED) is 0.888. The molecule has 1 heterocycles. The Balaban J connectivity index is 2.11. The molecular formula is C17H21N3O3. The average Bonchev–Trinajstić information content (AvgIpc) is 2.79. The molecule has 1 aromatic heterocycles. The Hall–Kier alpha value is -2.63. The van der Waals surface area contributed by atoms with E-state index in [1.807, 2.05) is 38.4 Å². The van der Waals surface area contributed by atoms with E-state index in [9.17, 15) is 14.7 Å². The smallest absolute Gasteiger partial charge is 0.337 e. The lowest BCUT2D eigenvalue weighted by atomic mass is 10.1. The number of aryl methyl sites for hydroxylation is 3. The van der Waals surface area contributed by atoms with Gasteiger partial charge in [-0.2, -0.15) is 5.10 Å². The van der Waals surface area contributed by atoms with Crippen molar-refractivity contribution < 1.29 is 14.7 Å². The number of nitrogens with one attached hydrogen (secondary N) is 1. The van der Waals surface area contributed by atoms with Crippen molar-refractivity contribution in [2.75, 3.05) is 5.32 Å². The standard InChI is InChI=1S/C17H21N3O3/c1-10-5-6-15(14(7-10)17(22)23)18-16(21)9-13(4)20-12(3)8-11(2)19-20/h5-8,13H,9H2,1-4H3,(H,18,21)(H,22,23). The van der Waals surface area contributed by atoms with E-state index in [2.05, 4.69) is 10.4 Å². The molecular weight excluding hydrogens is 294 g/mol. The minimum Gasteiger partial charge on any atom is -0.478 e. The highest BCUT2D eigenvalue weighted by molar-refractivity contribution is 6.00. The predicted molar refractivity (Wildman–Crippen MR) is 87.8 cm³/mol. The van der Waals surface area contributed by atoms with Gasteiger partial charge in [0.2, 0.25) is 5.91 Å². The summed E-state index contributed by atoms with van der Waals surface area (Å²) < 4.78 is 1.81. The summed E-state index contributed by atoms with van der Waals surface area (Å²) in [4.78, 5) is 23.5. The first-order chi connectivity index (χ1) is 10.8. The first-order valence-corrected chi connectivity index (χ1v) is 7.44. The van der Waals surface area contributed by atoms with Gasteiger partial charge in [0.05, 0.1) is 23.0 Å². The molecule has 1 amide bonds. The van der Waals surface area contributed by atoms with E-state index < -0.39 is 5.97 Å². The first-order valence-electron chi connectivity index (χ1n) is 7.44. The van der Waals surface area contributed by atoms with Gasteiger partial charge in [0.25, 0.3) is 0 Å². The first kappa shape index (κ1) is 16.7. The van der Waals surface area contributed by atoms with E-state index in [1.165, 1.54) is 0 Å². The molecule has 0 aliphatic carbocycles. The van der Waals surface area contributed by atoms with E-state index >= 15 is 0 Å². The number of hydrogen-bond donors (Lipinski definition) is 2. The lowest BCUT2D eigenvalue weighted by Gasteiger charge is -2.15. The van der Waals surface area contributed by atoms with Crippen molar-refractivity contribution in [1.82, 2.24) is 9.78 Å². The maximum atomic E-state index is 12.2. The zero-order chi connectivity index (χ0) is 17.1. The van der Waals surface area contributed by atoms with Crippen molar-refractivity contribution in [2.45, 2.75) is 40.2 Å². The number of benzene rings is 1. The number of amides is 1. The number of carbonyl (C=O) groups is 2. The Bertz CT molecular complexity index is 750. The third-order valence-corrected chi connectivity index (χ3v) is 3.62. The zero-order valence-corrected chi connectivity index (χ0v) is 13.8. The summed E-state index contributed by atoms with van der Waals surface area (Å²) >= 11 is 0. The van der Waals surface area contributed by atoms with Gasteiger partial charge < -0.3 is 10.4 Å². The van der Waals surface area contributed by atoms with Gasteiger partial charge in [-0.15, -0.1) is 0 Å². The van der Waals surface area contributed by atoms with Crippen LogP contribution in [0.25, 0.3) is 0 Å². The van der Waals surface area contributed by atoms with Crippen molar-refractivity contribution in [1.29, 1.82) is 0 Å². The van der Waals surface area contributed by atoms with Gasteiger partial charge in [-0.3, -0.25) is 9.48 Å². The van der Waals surface area contributed by atoms with Crippen molar-refractivity contribution in [3.63, 3.8) is 0 Å². The van der Waals surface area contributed by atoms with Crippen LogP contribution < -0.4 is 5.32 Å². The van der Waals surface area contributed by atoms with Gasteiger partial charge in [0.15, 0.2) is 0 Å². The number of carboxylic acid groups (broad SMARTS) is 1. The van der Waals surface area contributed by atoms with Gasteiger partial charge in [0.1, 0.15) is 0 Å². The number of hydrogen-bond acceptors (Lipinski definition) is 3. The zero-order valence-electron chi connectivity index (χ0n) is 13.8. The van der Waals surface area contributed by atoms with E-state index in [1.54, 1.807) is 18.2 Å². The number of aromatic nitrogens is 2. The molecule has 0 bridgehead atoms. The molecule has 0 aliphatic heterocycles. The molecule has 2 N–H and O–H groups in total. The van der Waals surface area contributed by atoms with Crippen molar-refractivity contribution in [3.8, 4) is 0 Å². The van der Waals surface area contributed by atoms with E-state index in [0.717, 1.165) is 17.0 Å². The molecule has 0 fully saturated rings. The van der Waals surface area contributed by atoms with E-state index in [0.29, 0.717) is 5.69 Å². The monoisotopic (exact) mass is 315 g/mol. The van der Waals surface area contributed by atoms with Crippen LogP contribution in [0.3, 0.4) is 0 Å². The van der Waals surface area contributed by atoms with Crippen LogP contribution in [0.15, 0.2) is 24.3 Å². The molecule has 122 valence electrons. The van der Waals surface area contributed by atoms with Crippen molar-refractivity contribution >= 4 is 17.6 Å². The summed E-state index contributed by atoms with van der Waals surface area (Å²) in [6.45, 7) is 7.56. The predicted octanol–water partition coefficient (Wildman–Crippen LogP) is 3.10. The van der Waals surface area contributed by atoms with Crippen LogP contribution in [0.2, 0.25) is 0 Å². The van der Waals surface area contributed by atoms with Gasteiger partial charge in [-0.25, -0.2) is 4.79 Å². The third-order valence-electron chi connectivity index (χ3n) is 3.62. The second kappa shape index (κ2) is 6.64. The highest BCUT2D eigenvalue weighted by Crippen LogP contribution is 2.20. The van der Waals surface area contributed by atoms with Crippen LogP contribution in [0, 0.1) is 20.8 Å². The van der Waals surface area contributed by atoms with E-state index in [-0.39, 0.29) is 23.9 Å². The molecule has 0 radical (unpaired) electrons. The maximum absolute atomic E-state index is 12.2. The van der Waals surface area contributed by atoms with Crippen LogP contribution in [0.1, 0.15) is 46.7 Å². The number of aromatic carboxylic acids is 1. The topological polar surface area (TPSA) is 84.2 Å². The minimum absolute atomic E-state index is 0.0946. The van der Waals surface area contributed by atoms with Gasteiger partial charge in [-0.05, 0) is 45.9 Å². The molecule has 0 saturated carbocycles. The largest absolute Gasteiger partial charge is 0.478 e. The normalized spacial score (nSPS) is 12.0. The van der Waals surface area contributed by atoms with Crippen LogP contribution in [-0.2, 0) is 4.79 Å². The second-order valence-electron chi connectivity index (χ2n) is 5.83. The average molecular weight is 315 g/mol. The van der Waals surface area contributed by atoms with Crippen molar-refractivity contribution in [3.05, 3.63) is 46.8 Å². The fourth-order valence-electron chi connectivity index (χ4n) is 2.59. The maximum Gasteiger partial charge on any atom is 0.337 e. The number of anilines is 1. The summed E-state index contributed by atoms with van der Waals surface area (Å²) in [6.07, 6.45) is 0.217. The highest BCUT2D eigenvalue weighted by atomic mass is 16.4. The molecule has 1 aromatic carbocycles. The lowest BCUT2D eigenvalue weighted by Crippen LogP contribution is -2.20. The molecule has 23 heavy (non-hydrogen) atoms. The van der Waals surface area contributed by atoms with Crippen molar-refractivity contribution in [2.24, 2.45) is 0 Å². The molecule has 1 atom stereocenters. The second-order valence-corrected chi connectivity index (χ2v) is 5.83. The fraction of sp³-hybridized carbons (Fsp3) is 0.353. The Morgan fingerprint density at radius 2 is 1.96 bits per heavy atom. The molecule has 6 nitrogen and oxygen atoms in total. The molecule has 2 aromatic rings. The Morgan fingerprint density at radius 1 is 1.26 bits per heavy atom. The lowest BCUT2D eigenvalue weighted by molar-refractivity contribution is -0.116. The summed E-state index contributed by atoms with van der Waals surface area (Å²) in [5.41, 5.74) is 3.13. The number of carboxylic acids is 1. The van der Waals surface area contributed by atoms with Gasteiger partial charge in [-0.1, -0.05) is 11.6 Å². The number of carbonyl (C=O) groups excluding carboxylic acids is 1. The summed E-state index contributed by atoms with van der Waals surface area (Å²) in [5.74, 6) is -1.30. The van der Waals surface area contributed by atoms with E-state index in [4.69, 9.17) is 0 Å². The van der Waals surface area contributed by atoms with Crippen LogP contribution in [0.4, 0.5) is 5.69 Å². The van der Waals surface area contributed by atoms with Gasteiger partial charge >= 0.3 is 5.97 Å². The SMILES string of the molecule is Cc1ccc(NC(=O)CC(C)n2nc(C)cc2C)c(C(=O)O)c1. The number of rotatable bonds is 5. The Labute approximate surface area is 135 Å². The highest BCUT2D eigenvalue weighted by Gasteiger charge is 2.17. The van der Waals surface area contributed by atoms with Crippen LogP contribution in [0.5, 0.6) is 0 Å². The molecule has 1 unspecified atom stereocenters. The van der Waals surface area contributed by atoms with Crippen LogP contribution >= 0.6 is 0 Å². The third kappa shape index (κ3) is 3.97. The fourth-order valence-corrected chi connectivity index (χ4v) is 2.59. The summed E-state index contributed by atoms with van der Waals surface area (Å²) in [7, 11) is 0. The molecule has 2 rings (SSSR count). The Morgan fingerprint density at radius 3 is 2.52 bits per heavy atom. The molecule has 0 saturated heterocycles. The molecule has 0 aliphatic rings. The van der Waals surface area contributed by atoms with Gasteiger partial charge in [0, 0.05) is 12.1 Å². The minimum atomic E-state index is -1.06. The number of nitrogens with zero attached hydrogens (tertiary/aromatic N) is 2. The Kier molecular flexibility index (Phi) is 4.83.